The highest BCUT2D eigenvalue weighted by Gasteiger charge is 2.28. The van der Waals surface area contributed by atoms with Crippen molar-refractivity contribution in [2.24, 2.45) is 0 Å². The molecule has 0 aliphatic carbocycles. The largest absolute Gasteiger partial charge is 0.491 e. The first-order valence-corrected chi connectivity index (χ1v) is 14.8. The summed E-state index contributed by atoms with van der Waals surface area (Å²) in [6, 6.07) is 6.47. The van der Waals surface area contributed by atoms with Gasteiger partial charge in [-0.1, -0.05) is 12.1 Å². The third-order valence-electron chi connectivity index (χ3n) is 7.39. The summed E-state index contributed by atoms with van der Waals surface area (Å²) in [5, 5.41) is 10.3. The summed E-state index contributed by atoms with van der Waals surface area (Å²) in [6.45, 7) is 6.73. The molecule has 0 radical (unpaired) electrons. The Morgan fingerprint density at radius 3 is 1.52 bits per heavy atom. The number of carboxylic acids is 1. The van der Waals surface area contributed by atoms with Gasteiger partial charge in [-0.15, -0.1) is 0 Å². The standard InChI is InChI=1S/C30H48N4O10/c1-5-43-18-19-44-25-8-6-24(7-9-25)20-26(30(38)39)34-16-14-32(22-28(36)41-3)12-10-31(21-27(35)40-2)11-13-33(15-17-34)23-29(37)42-4/h6-9,26H,5,10-23H2,1-4H3,(H,38,39). The van der Waals surface area contributed by atoms with Crippen molar-refractivity contribution in [3.8, 4) is 5.75 Å². The number of carboxylic acid groups (broad SMARTS) is 1. The Morgan fingerprint density at radius 1 is 0.705 bits per heavy atom. The SMILES string of the molecule is CCOCCOc1ccc(CC(C(=O)O)N2CCN(CC(=O)OC)CCN(CC(=O)OC)CCN(CC(=O)OC)CC2)cc1. The van der Waals surface area contributed by atoms with Gasteiger partial charge in [0.2, 0.25) is 0 Å². The maximum Gasteiger partial charge on any atom is 0.321 e. The van der Waals surface area contributed by atoms with Crippen molar-refractivity contribution in [2.75, 3.05) is 113 Å². The zero-order valence-electron chi connectivity index (χ0n) is 26.4. The summed E-state index contributed by atoms with van der Waals surface area (Å²) in [7, 11) is 3.96. The molecule has 0 spiro atoms. The Labute approximate surface area is 259 Å². The second kappa shape index (κ2) is 20.6. The number of ether oxygens (including phenoxy) is 5. The molecule has 14 nitrogen and oxygen atoms in total. The number of nitrogens with zero attached hydrogens (tertiary/aromatic N) is 4. The summed E-state index contributed by atoms with van der Waals surface area (Å²) in [6.07, 6.45) is 0.246. The summed E-state index contributed by atoms with van der Waals surface area (Å²) < 4.78 is 25.6. The third-order valence-corrected chi connectivity index (χ3v) is 7.39. The number of carbonyl (C=O) groups excluding carboxylic acids is 3. The van der Waals surface area contributed by atoms with Crippen molar-refractivity contribution in [2.45, 2.75) is 19.4 Å². The van der Waals surface area contributed by atoms with Crippen LogP contribution in [-0.2, 0) is 44.5 Å². The van der Waals surface area contributed by atoms with Crippen molar-refractivity contribution in [3.05, 3.63) is 29.8 Å². The summed E-state index contributed by atoms with van der Waals surface area (Å²) in [5.41, 5.74) is 0.831. The topological polar surface area (TPSA) is 148 Å². The van der Waals surface area contributed by atoms with Gasteiger partial charge in [0.15, 0.2) is 0 Å². The molecule has 1 heterocycles. The fourth-order valence-corrected chi connectivity index (χ4v) is 4.76. The molecule has 1 aliphatic heterocycles. The van der Waals surface area contributed by atoms with E-state index in [4.69, 9.17) is 23.7 Å². The monoisotopic (exact) mass is 624 g/mol. The van der Waals surface area contributed by atoms with Gasteiger partial charge in [-0.05, 0) is 31.0 Å². The molecule has 0 saturated carbocycles. The highest BCUT2D eigenvalue weighted by Crippen LogP contribution is 2.16. The lowest BCUT2D eigenvalue weighted by atomic mass is 10.0. The van der Waals surface area contributed by atoms with Gasteiger partial charge in [-0.3, -0.25) is 38.8 Å². The molecule has 0 bridgehead atoms. The highest BCUT2D eigenvalue weighted by molar-refractivity contribution is 5.74. The fraction of sp³-hybridized carbons (Fsp3) is 0.667. The Balaban J connectivity index is 2.26. The van der Waals surface area contributed by atoms with E-state index in [0.29, 0.717) is 77.9 Å². The van der Waals surface area contributed by atoms with Crippen LogP contribution >= 0.6 is 0 Å². The molecule has 1 aliphatic rings. The van der Waals surface area contributed by atoms with E-state index < -0.39 is 29.9 Å². The number of hydrogen-bond acceptors (Lipinski definition) is 13. The maximum absolute atomic E-state index is 12.6. The molecule has 44 heavy (non-hydrogen) atoms. The number of hydrogen-bond donors (Lipinski definition) is 1. The van der Waals surface area contributed by atoms with Crippen LogP contribution in [-0.4, -0.2) is 168 Å². The molecule has 1 fully saturated rings. The molecule has 1 aromatic carbocycles. The van der Waals surface area contributed by atoms with Crippen LogP contribution in [0.15, 0.2) is 24.3 Å². The molecule has 1 atom stereocenters. The number of aliphatic carboxylic acids is 1. The minimum Gasteiger partial charge on any atom is -0.491 e. The Kier molecular flexibility index (Phi) is 17.3. The van der Waals surface area contributed by atoms with Crippen molar-refractivity contribution >= 4 is 23.9 Å². The lowest BCUT2D eigenvalue weighted by molar-refractivity contribution is -0.145. The van der Waals surface area contributed by atoms with E-state index in [-0.39, 0.29) is 26.1 Å². The first kappa shape index (κ1) is 36.9. The van der Waals surface area contributed by atoms with Crippen LogP contribution in [0.5, 0.6) is 5.75 Å². The Hall–Kier alpha value is -3.30. The number of methoxy groups -OCH3 is 3. The number of carbonyl (C=O) groups is 4. The molecule has 248 valence electrons. The van der Waals surface area contributed by atoms with Crippen molar-refractivity contribution in [1.82, 2.24) is 19.6 Å². The van der Waals surface area contributed by atoms with Gasteiger partial charge < -0.3 is 28.8 Å². The molecule has 14 heteroatoms. The normalized spacial score (nSPS) is 17.1. The van der Waals surface area contributed by atoms with Crippen LogP contribution in [0.25, 0.3) is 0 Å². The smallest absolute Gasteiger partial charge is 0.321 e. The molecule has 0 aromatic heterocycles. The van der Waals surface area contributed by atoms with Gasteiger partial charge in [0.25, 0.3) is 0 Å². The average Bonchev–Trinajstić information content (AvgIpc) is 3.02. The summed E-state index contributed by atoms with van der Waals surface area (Å²) >= 11 is 0. The van der Waals surface area contributed by atoms with E-state index >= 15 is 0 Å². The molecule has 1 aromatic rings. The van der Waals surface area contributed by atoms with E-state index in [1.807, 2.05) is 50.8 Å². The number of esters is 3. The predicted molar refractivity (Wildman–Crippen MR) is 160 cm³/mol. The first-order valence-electron chi connectivity index (χ1n) is 14.8. The van der Waals surface area contributed by atoms with Gasteiger partial charge >= 0.3 is 23.9 Å². The Bertz CT molecular complexity index is 992. The van der Waals surface area contributed by atoms with Crippen LogP contribution in [0.2, 0.25) is 0 Å². The lowest BCUT2D eigenvalue weighted by Gasteiger charge is -2.35. The predicted octanol–water partition coefficient (Wildman–Crippen LogP) is -0.162. The summed E-state index contributed by atoms with van der Waals surface area (Å²) in [4.78, 5) is 56.7. The van der Waals surface area contributed by atoms with E-state index in [9.17, 15) is 24.3 Å². The molecule has 0 amide bonds. The minimum atomic E-state index is -0.975. The zero-order chi connectivity index (χ0) is 32.3. The molecule has 1 saturated heterocycles. The van der Waals surface area contributed by atoms with Crippen LogP contribution in [0.4, 0.5) is 0 Å². The average molecular weight is 625 g/mol. The lowest BCUT2D eigenvalue weighted by Crippen LogP contribution is -2.52. The second-order valence-corrected chi connectivity index (χ2v) is 10.3. The van der Waals surface area contributed by atoms with Crippen LogP contribution in [0.1, 0.15) is 12.5 Å². The first-order chi connectivity index (χ1) is 21.2. The van der Waals surface area contributed by atoms with Gasteiger partial charge in [0.1, 0.15) is 18.4 Å². The molecule has 2 rings (SSSR count). The third kappa shape index (κ3) is 14.0. The van der Waals surface area contributed by atoms with Crippen molar-refractivity contribution in [3.63, 3.8) is 0 Å². The molecular weight excluding hydrogens is 576 g/mol. The second-order valence-electron chi connectivity index (χ2n) is 10.3. The van der Waals surface area contributed by atoms with E-state index in [1.165, 1.54) is 21.3 Å². The van der Waals surface area contributed by atoms with Crippen molar-refractivity contribution in [1.29, 1.82) is 0 Å². The molecule has 1 N–H and O–H groups in total. The van der Waals surface area contributed by atoms with Gasteiger partial charge in [-0.25, -0.2) is 0 Å². The maximum atomic E-state index is 12.6. The fourth-order valence-electron chi connectivity index (χ4n) is 4.76. The van der Waals surface area contributed by atoms with E-state index in [2.05, 4.69) is 0 Å². The van der Waals surface area contributed by atoms with Crippen LogP contribution in [0, 0.1) is 0 Å². The van der Waals surface area contributed by atoms with Crippen LogP contribution < -0.4 is 4.74 Å². The van der Waals surface area contributed by atoms with E-state index in [1.54, 1.807) is 0 Å². The van der Waals surface area contributed by atoms with Crippen LogP contribution in [0.3, 0.4) is 0 Å². The Morgan fingerprint density at radius 2 is 1.14 bits per heavy atom. The van der Waals surface area contributed by atoms with E-state index in [0.717, 1.165) is 5.56 Å². The number of rotatable bonds is 15. The summed E-state index contributed by atoms with van der Waals surface area (Å²) in [5.74, 6) is -1.52. The quantitative estimate of drug-likeness (QED) is 0.157. The minimum absolute atomic E-state index is 0.0212. The zero-order valence-corrected chi connectivity index (χ0v) is 26.4. The highest BCUT2D eigenvalue weighted by atomic mass is 16.5. The number of benzene rings is 1. The van der Waals surface area contributed by atoms with Crippen molar-refractivity contribution < 1.29 is 48.0 Å². The molecular formula is C30H48N4O10. The van der Waals surface area contributed by atoms with Gasteiger partial charge in [0, 0.05) is 59.0 Å². The van der Waals surface area contributed by atoms with Gasteiger partial charge in [0.05, 0.1) is 47.6 Å². The molecule has 1 unspecified atom stereocenters. The van der Waals surface area contributed by atoms with Gasteiger partial charge in [-0.2, -0.15) is 0 Å².